The topological polar surface area (TPSA) is 93.2 Å². The molecule has 0 atom stereocenters. The molecular formula is C21H15NO7. The highest BCUT2D eigenvalue weighted by atomic mass is 16.7. The summed E-state index contributed by atoms with van der Waals surface area (Å²) < 4.78 is 32.1. The Hall–Kier alpha value is -3.94. The second kappa shape index (κ2) is 6.90. The van der Waals surface area contributed by atoms with Crippen LogP contribution in [0, 0.1) is 0 Å². The van der Waals surface area contributed by atoms with Gasteiger partial charge in [-0.25, -0.2) is 4.79 Å². The monoisotopic (exact) mass is 393 g/mol. The molecule has 0 aliphatic carbocycles. The summed E-state index contributed by atoms with van der Waals surface area (Å²) >= 11 is 0. The van der Waals surface area contributed by atoms with Gasteiger partial charge in [-0.3, -0.25) is 0 Å². The van der Waals surface area contributed by atoms with E-state index in [0.717, 1.165) is 10.9 Å². The molecule has 3 heterocycles. The van der Waals surface area contributed by atoms with Gasteiger partial charge in [0, 0.05) is 17.0 Å². The molecule has 8 nitrogen and oxygen atoms in total. The molecular weight excluding hydrogens is 378 g/mol. The number of para-hydroxylation sites is 1. The molecule has 1 aliphatic rings. The minimum absolute atomic E-state index is 0.0545. The lowest BCUT2D eigenvalue weighted by molar-refractivity contribution is 0.0430. The largest absolute Gasteiger partial charge is 0.493 e. The third-order valence-corrected chi connectivity index (χ3v) is 4.50. The fourth-order valence-corrected chi connectivity index (χ4v) is 3.07. The summed E-state index contributed by atoms with van der Waals surface area (Å²) in [5, 5.41) is 4.70. The molecule has 0 unspecified atom stereocenters. The molecule has 0 spiro atoms. The van der Waals surface area contributed by atoms with E-state index in [9.17, 15) is 4.79 Å². The van der Waals surface area contributed by atoms with Crippen LogP contribution in [-0.2, 0) is 11.3 Å². The lowest BCUT2D eigenvalue weighted by Crippen LogP contribution is -2.03. The first-order chi connectivity index (χ1) is 14.2. The summed E-state index contributed by atoms with van der Waals surface area (Å²) in [6.45, 7) is 0.144. The molecule has 29 heavy (non-hydrogen) atoms. The smallest absolute Gasteiger partial charge is 0.374 e. The molecule has 0 amide bonds. The molecule has 0 saturated carbocycles. The standard InChI is InChI=1S/C21H15NO7/c1-24-16-4-2-3-13-8-19(28-20(13)16)21(23)25-10-14-9-17(29-22-14)12-5-6-15-18(7-12)27-11-26-15/h2-9H,10-11H2,1H3. The van der Waals surface area contributed by atoms with E-state index in [4.69, 9.17) is 27.9 Å². The number of esters is 1. The van der Waals surface area contributed by atoms with Crippen molar-refractivity contribution in [3.05, 3.63) is 60.0 Å². The lowest BCUT2D eigenvalue weighted by Gasteiger charge is -2.00. The van der Waals surface area contributed by atoms with Crippen LogP contribution in [0.3, 0.4) is 0 Å². The van der Waals surface area contributed by atoms with Crippen LogP contribution in [-0.4, -0.2) is 25.0 Å². The molecule has 0 bridgehead atoms. The Morgan fingerprint density at radius 3 is 2.90 bits per heavy atom. The SMILES string of the molecule is COc1cccc2cc(C(=O)OCc3cc(-c4ccc5c(c4)OCO5)on3)oc12. The molecule has 2 aromatic carbocycles. The van der Waals surface area contributed by atoms with E-state index in [2.05, 4.69) is 5.16 Å². The van der Waals surface area contributed by atoms with Gasteiger partial charge in [0.15, 0.2) is 28.6 Å². The van der Waals surface area contributed by atoms with Crippen molar-refractivity contribution in [3.63, 3.8) is 0 Å². The maximum absolute atomic E-state index is 12.3. The van der Waals surface area contributed by atoms with E-state index in [-0.39, 0.29) is 19.2 Å². The number of furan rings is 1. The van der Waals surface area contributed by atoms with Crippen molar-refractivity contribution in [1.82, 2.24) is 5.16 Å². The minimum atomic E-state index is -0.601. The fraction of sp³-hybridized carbons (Fsp3) is 0.143. The van der Waals surface area contributed by atoms with Crippen molar-refractivity contribution in [2.75, 3.05) is 13.9 Å². The van der Waals surface area contributed by atoms with Crippen molar-refractivity contribution in [3.8, 4) is 28.6 Å². The van der Waals surface area contributed by atoms with Gasteiger partial charge in [0.25, 0.3) is 0 Å². The average molecular weight is 393 g/mol. The van der Waals surface area contributed by atoms with Crippen molar-refractivity contribution in [1.29, 1.82) is 0 Å². The zero-order valence-electron chi connectivity index (χ0n) is 15.3. The van der Waals surface area contributed by atoms with Gasteiger partial charge < -0.3 is 27.9 Å². The molecule has 146 valence electrons. The molecule has 0 saturated heterocycles. The van der Waals surface area contributed by atoms with Crippen LogP contribution in [0.1, 0.15) is 16.2 Å². The van der Waals surface area contributed by atoms with Gasteiger partial charge in [-0.2, -0.15) is 0 Å². The second-order valence-corrected chi connectivity index (χ2v) is 6.32. The Morgan fingerprint density at radius 1 is 1.10 bits per heavy atom. The summed E-state index contributed by atoms with van der Waals surface area (Å²) in [6, 6.07) is 14.2. The van der Waals surface area contributed by atoms with Crippen molar-refractivity contribution in [2.45, 2.75) is 6.61 Å². The Kier molecular flexibility index (Phi) is 4.09. The number of methoxy groups -OCH3 is 1. The van der Waals surface area contributed by atoms with Gasteiger partial charge in [0.2, 0.25) is 12.6 Å². The second-order valence-electron chi connectivity index (χ2n) is 6.32. The van der Waals surface area contributed by atoms with Crippen LogP contribution in [0.4, 0.5) is 0 Å². The molecule has 1 aliphatic heterocycles. The number of ether oxygens (including phenoxy) is 4. The quantitative estimate of drug-likeness (QED) is 0.466. The van der Waals surface area contributed by atoms with Crippen molar-refractivity contribution < 1.29 is 32.7 Å². The summed E-state index contributed by atoms with van der Waals surface area (Å²) in [5.41, 5.74) is 1.75. The van der Waals surface area contributed by atoms with Gasteiger partial charge in [0.05, 0.1) is 7.11 Å². The molecule has 2 aromatic heterocycles. The van der Waals surface area contributed by atoms with Crippen LogP contribution < -0.4 is 14.2 Å². The number of benzene rings is 2. The first-order valence-corrected chi connectivity index (χ1v) is 8.80. The normalized spacial score (nSPS) is 12.3. The van der Waals surface area contributed by atoms with E-state index >= 15 is 0 Å². The van der Waals surface area contributed by atoms with Crippen LogP contribution in [0.5, 0.6) is 17.2 Å². The maximum Gasteiger partial charge on any atom is 0.374 e. The highest BCUT2D eigenvalue weighted by Crippen LogP contribution is 2.36. The van der Waals surface area contributed by atoms with Gasteiger partial charge >= 0.3 is 5.97 Å². The zero-order chi connectivity index (χ0) is 19.8. The molecule has 5 rings (SSSR count). The van der Waals surface area contributed by atoms with Crippen molar-refractivity contribution >= 4 is 16.9 Å². The third-order valence-electron chi connectivity index (χ3n) is 4.50. The number of rotatable bonds is 5. The first-order valence-electron chi connectivity index (χ1n) is 8.80. The van der Waals surface area contributed by atoms with Crippen LogP contribution >= 0.6 is 0 Å². The number of hydrogen-bond donors (Lipinski definition) is 0. The number of carbonyl (C=O) groups is 1. The number of carbonyl (C=O) groups excluding carboxylic acids is 1. The number of aromatic nitrogens is 1. The number of fused-ring (bicyclic) bond motifs is 2. The Labute approximate surface area is 164 Å². The van der Waals surface area contributed by atoms with Crippen molar-refractivity contribution in [2.24, 2.45) is 0 Å². The first kappa shape index (κ1) is 17.2. The Bertz CT molecular complexity index is 1210. The van der Waals surface area contributed by atoms with Crippen LogP contribution in [0.25, 0.3) is 22.3 Å². The Morgan fingerprint density at radius 2 is 2.00 bits per heavy atom. The van der Waals surface area contributed by atoms with E-state index in [1.807, 2.05) is 18.2 Å². The van der Waals surface area contributed by atoms with Gasteiger partial charge in [-0.15, -0.1) is 0 Å². The van der Waals surface area contributed by atoms with E-state index in [1.165, 1.54) is 7.11 Å². The molecule has 0 fully saturated rings. The summed E-state index contributed by atoms with van der Waals surface area (Å²) in [7, 11) is 1.54. The molecule has 0 radical (unpaired) electrons. The van der Waals surface area contributed by atoms with Gasteiger partial charge in [-0.05, 0) is 30.3 Å². The summed E-state index contributed by atoms with van der Waals surface area (Å²) in [6.07, 6.45) is 0. The molecule has 8 heteroatoms. The Balaban J connectivity index is 1.29. The average Bonchev–Trinajstić information content (AvgIpc) is 3.49. The summed E-state index contributed by atoms with van der Waals surface area (Å²) in [5.74, 6) is 1.89. The number of nitrogens with zero attached hydrogens (tertiary/aromatic N) is 1. The maximum atomic E-state index is 12.3. The van der Waals surface area contributed by atoms with Crippen LogP contribution in [0.15, 0.2) is 57.5 Å². The fourth-order valence-electron chi connectivity index (χ4n) is 3.07. The predicted octanol–water partition coefficient (Wildman–Crippen LogP) is 4.18. The van der Waals surface area contributed by atoms with Crippen LogP contribution in [0.2, 0.25) is 0 Å². The highest BCUT2D eigenvalue weighted by Gasteiger charge is 2.18. The van der Waals surface area contributed by atoms with Gasteiger partial charge in [0.1, 0.15) is 12.3 Å². The summed E-state index contributed by atoms with van der Waals surface area (Å²) in [4.78, 5) is 12.3. The highest BCUT2D eigenvalue weighted by molar-refractivity contribution is 5.94. The van der Waals surface area contributed by atoms with E-state index in [1.54, 1.807) is 30.3 Å². The number of hydrogen-bond acceptors (Lipinski definition) is 8. The zero-order valence-corrected chi connectivity index (χ0v) is 15.3. The minimum Gasteiger partial charge on any atom is -0.493 e. The van der Waals surface area contributed by atoms with E-state index in [0.29, 0.717) is 34.3 Å². The third kappa shape index (κ3) is 3.14. The molecule has 4 aromatic rings. The molecule has 0 N–H and O–H groups in total. The predicted molar refractivity (Wildman–Crippen MR) is 99.9 cm³/mol. The van der Waals surface area contributed by atoms with Gasteiger partial charge in [-0.1, -0.05) is 17.3 Å². The lowest BCUT2D eigenvalue weighted by atomic mass is 10.1. The van der Waals surface area contributed by atoms with E-state index < -0.39 is 5.97 Å².